The highest BCUT2D eigenvalue weighted by atomic mass is 32.2. The molecule has 0 aliphatic rings. The molecule has 4 atom stereocenters. The molecule has 1 aromatic rings. The summed E-state index contributed by atoms with van der Waals surface area (Å²) >= 11 is 0. The van der Waals surface area contributed by atoms with Crippen LogP contribution in [-0.4, -0.2) is 58.1 Å². The highest BCUT2D eigenvalue weighted by Crippen LogP contribution is 2.18. The zero-order valence-electron chi connectivity index (χ0n) is 24.0. The van der Waals surface area contributed by atoms with Crippen molar-refractivity contribution in [1.82, 2.24) is 10.6 Å². The average Bonchev–Trinajstić information content (AvgIpc) is 2.83. The van der Waals surface area contributed by atoms with Crippen molar-refractivity contribution in [1.29, 1.82) is 0 Å². The number of nitrogens with one attached hydrogen (secondary N) is 2. The van der Waals surface area contributed by atoms with Gasteiger partial charge in [-0.3, -0.25) is 9.59 Å². The molecule has 0 aliphatic heterocycles. The first kappa shape index (κ1) is 33.8. The van der Waals surface area contributed by atoms with Crippen LogP contribution in [0.2, 0.25) is 0 Å². The molecule has 0 aliphatic carbocycles. The number of esters is 1. The Balaban J connectivity index is 3.38. The number of ether oxygens (including phenoxy) is 2. The summed E-state index contributed by atoms with van der Waals surface area (Å²) in [6.07, 6.45) is 1.41. The molecule has 39 heavy (non-hydrogen) atoms. The number of hydrogen-bond donors (Lipinski definition) is 2. The van der Waals surface area contributed by atoms with E-state index < -0.39 is 57.0 Å². The number of rotatable bonds is 13. The monoisotopic (exact) mass is 565 g/mol. The zero-order valence-corrected chi connectivity index (χ0v) is 24.8. The number of carbonyl (C=O) groups excluding carboxylic acids is 4. The van der Waals surface area contributed by atoms with E-state index >= 15 is 0 Å². The van der Waals surface area contributed by atoms with E-state index in [9.17, 15) is 23.4 Å². The first-order valence-corrected chi connectivity index (χ1v) is 14.7. The molecule has 0 saturated heterocycles. The molecule has 0 bridgehead atoms. The first-order chi connectivity index (χ1) is 18.1. The second kappa shape index (κ2) is 15.4. The van der Waals surface area contributed by atoms with Crippen molar-refractivity contribution in [2.24, 2.45) is 16.2 Å². The molecule has 0 fully saturated rings. The van der Waals surface area contributed by atoms with Crippen LogP contribution >= 0.6 is 0 Å². The predicted octanol–water partition coefficient (Wildman–Crippen LogP) is 4.24. The fraction of sp³-hybridized carbons (Fsp3) is 0.571. The van der Waals surface area contributed by atoms with Gasteiger partial charge in [-0.05, 0) is 51.2 Å². The van der Waals surface area contributed by atoms with Gasteiger partial charge in [0.2, 0.25) is 5.91 Å². The molecule has 0 spiro atoms. The fourth-order valence-electron chi connectivity index (χ4n) is 3.46. The lowest BCUT2D eigenvalue weighted by Crippen LogP contribution is -2.47. The van der Waals surface area contributed by atoms with E-state index in [0.717, 1.165) is 0 Å². The molecule has 0 saturated carbocycles. The maximum Gasteiger partial charge on any atom is 0.408 e. The Hall–Kier alpha value is -3.21. The lowest BCUT2D eigenvalue weighted by atomic mass is 9.99. The maximum absolute atomic E-state index is 14.2. The smallest absolute Gasteiger partial charge is 0.408 e. The van der Waals surface area contributed by atoms with Gasteiger partial charge >= 0.3 is 12.1 Å². The summed E-state index contributed by atoms with van der Waals surface area (Å²) in [6.45, 7) is 15.9. The number of amides is 3. The number of alkyl carbamates (subject to hydrolysis) is 1. The lowest BCUT2D eigenvalue weighted by Gasteiger charge is -2.25. The van der Waals surface area contributed by atoms with E-state index in [2.05, 4.69) is 21.6 Å². The van der Waals surface area contributed by atoms with E-state index in [1.807, 2.05) is 20.8 Å². The molecule has 218 valence electrons. The molecule has 11 heteroatoms. The summed E-state index contributed by atoms with van der Waals surface area (Å²) in [5.41, 5.74) is -0.792. The Morgan fingerprint density at radius 3 is 2.21 bits per heavy atom. The fourth-order valence-corrected chi connectivity index (χ4v) is 5.22. The van der Waals surface area contributed by atoms with Crippen molar-refractivity contribution in [3.05, 3.63) is 43.0 Å². The number of hydrogen-bond acceptors (Lipinski definition) is 7. The van der Waals surface area contributed by atoms with Crippen molar-refractivity contribution in [3.8, 4) is 0 Å². The molecule has 1 aromatic carbocycles. The van der Waals surface area contributed by atoms with Crippen molar-refractivity contribution in [3.63, 3.8) is 0 Å². The molecule has 10 nitrogen and oxygen atoms in total. The van der Waals surface area contributed by atoms with Crippen LogP contribution < -0.4 is 10.6 Å². The third-order valence-electron chi connectivity index (χ3n) is 5.50. The van der Waals surface area contributed by atoms with Gasteiger partial charge in [-0.2, -0.15) is 4.36 Å². The normalized spacial score (nSPS) is 15.2. The highest BCUT2D eigenvalue weighted by Gasteiger charge is 2.31. The Morgan fingerprint density at radius 2 is 1.69 bits per heavy atom. The van der Waals surface area contributed by atoms with Crippen molar-refractivity contribution < 1.29 is 32.9 Å². The van der Waals surface area contributed by atoms with E-state index in [4.69, 9.17) is 9.47 Å². The molecule has 1 rings (SSSR count). The number of nitrogens with zero attached hydrogens (tertiary/aromatic N) is 1. The Bertz CT molecular complexity index is 1120. The summed E-state index contributed by atoms with van der Waals surface area (Å²) < 4.78 is 28.6. The summed E-state index contributed by atoms with van der Waals surface area (Å²) in [5, 5.41) is 5.13. The maximum atomic E-state index is 14.2. The van der Waals surface area contributed by atoms with Crippen LogP contribution in [0.3, 0.4) is 0 Å². The van der Waals surface area contributed by atoms with Crippen molar-refractivity contribution in [2.45, 2.75) is 83.9 Å². The zero-order chi connectivity index (χ0) is 29.8. The molecular formula is C28H43N3O7S. The van der Waals surface area contributed by atoms with Gasteiger partial charge in [0.25, 0.3) is 5.91 Å². The minimum absolute atomic E-state index is 0.0183. The van der Waals surface area contributed by atoms with Crippen LogP contribution in [0.4, 0.5) is 4.79 Å². The minimum atomic E-state index is -3.64. The Morgan fingerprint density at radius 1 is 1.08 bits per heavy atom. The second-order valence-electron chi connectivity index (χ2n) is 10.7. The molecule has 1 unspecified atom stereocenters. The average molecular weight is 566 g/mol. The van der Waals surface area contributed by atoms with Gasteiger partial charge in [0.1, 0.15) is 30.0 Å². The van der Waals surface area contributed by atoms with Crippen LogP contribution in [0.25, 0.3) is 0 Å². The topological polar surface area (TPSA) is 140 Å². The van der Waals surface area contributed by atoms with Crippen LogP contribution in [0.5, 0.6) is 0 Å². The first-order valence-electron chi connectivity index (χ1n) is 13.0. The molecule has 3 amide bonds. The van der Waals surface area contributed by atoms with Gasteiger partial charge in [0, 0.05) is 4.90 Å². The van der Waals surface area contributed by atoms with Gasteiger partial charge < -0.3 is 20.1 Å². The van der Waals surface area contributed by atoms with Gasteiger partial charge in [0.15, 0.2) is 0 Å². The molecular weight excluding hydrogens is 522 g/mol. The summed E-state index contributed by atoms with van der Waals surface area (Å²) in [7, 11) is -3.64. The number of carbonyl (C=O) groups is 4. The Kier molecular flexibility index (Phi) is 13.4. The van der Waals surface area contributed by atoms with Crippen molar-refractivity contribution >= 4 is 33.6 Å². The van der Waals surface area contributed by atoms with Crippen LogP contribution in [0, 0.1) is 11.8 Å². The summed E-state index contributed by atoms with van der Waals surface area (Å²) in [6, 6.07) is 5.85. The third-order valence-corrected chi connectivity index (χ3v) is 7.63. The van der Waals surface area contributed by atoms with Gasteiger partial charge in [0.05, 0.1) is 9.73 Å². The van der Waals surface area contributed by atoms with E-state index in [-0.39, 0.29) is 23.3 Å². The largest absolute Gasteiger partial charge is 0.460 e. The molecule has 0 heterocycles. The van der Waals surface area contributed by atoms with Gasteiger partial charge in [-0.15, -0.1) is 0 Å². The van der Waals surface area contributed by atoms with Crippen molar-refractivity contribution in [2.75, 3.05) is 12.4 Å². The Labute approximate surface area is 232 Å². The number of benzene rings is 1. The minimum Gasteiger partial charge on any atom is -0.460 e. The SMILES string of the molecule is C=CCOC(=O)[C@H](CC(C)C)NC(=O)CS(=O)(=NC(=O)[C@@H](NC(=O)OC(C)(C)C)[C@@H](C)CC)c1ccccc1. The second-order valence-corrected chi connectivity index (χ2v) is 12.9. The molecule has 0 aromatic heterocycles. The van der Waals surface area contributed by atoms with E-state index in [0.29, 0.717) is 12.8 Å². The highest BCUT2D eigenvalue weighted by molar-refractivity contribution is 7.94. The summed E-state index contributed by atoms with van der Waals surface area (Å²) in [5.74, 6) is -3.22. The molecule has 2 N–H and O–H groups in total. The predicted molar refractivity (Wildman–Crippen MR) is 150 cm³/mol. The van der Waals surface area contributed by atoms with Crippen LogP contribution in [0.15, 0.2) is 52.2 Å². The van der Waals surface area contributed by atoms with E-state index in [1.54, 1.807) is 45.9 Å². The summed E-state index contributed by atoms with van der Waals surface area (Å²) in [4.78, 5) is 51.6. The van der Waals surface area contributed by atoms with Gasteiger partial charge in [-0.25, -0.2) is 13.8 Å². The lowest BCUT2D eigenvalue weighted by molar-refractivity contribution is -0.147. The third kappa shape index (κ3) is 12.0. The van der Waals surface area contributed by atoms with Crippen LogP contribution in [-0.2, 0) is 33.6 Å². The van der Waals surface area contributed by atoms with E-state index in [1.165, 1.54) is 18.2 Å². The standard InChI is InChI=1S/C28H43N3O7S/c1-9-16-37-26(34)22(17-19(3)4)29-23(32)18-39(36,21-14-12-11-13-15-21)31-25(33)24(20(5)10-2)30-27(35)38-28(6,7)8/h9,11-15,19-20,22,24H,1,10,16-18H2,2-8H3,(H,29,32)(H,30,35)/t20-,22-,24-,39?/m0/s1. The quantitative estimate of drug-likeness (QED) is 0.269. The van der Waals surface area contributed by atoms with Crippen LogP contribution in [0.1, 0.15) is 61.3 Å². The van der Waals surface area contributed by atoms with Gasteiger partial charge in [-0.1, -0.05) is 65.0 Å². The molecule has 0 radical (unpaired) electrons.